The summed E-state index contributed by atoms with van der Waals surface area (Å²) in [6.45, 7) is 5.87. The van der Waals surface area contributed by atoms with Gasteiger partial charge in [-0.15, -0.1) is 6.58 Å². The Kier molecular flexibility index (Phi) is 6.02. The summed E-state index contributed by atoms with van der Waals surface area (Å²) in [6.07, 6.45) is 3.66. The van der Waals surface area contributed by atoms with Gasteiger partial charge in [-0.05, 0) is 24.0 Å². The van der Waals surface area contributed by atoms with Gasteiger partial charge in [-0.1, -0.05) is 66.7 Å². The molecule has 0 saturated carbocycles. The predicted molar refractivity (Wildman–Crippen MR) is 102 cm³/mol. The number of carbonyl (C=O) groups is 1. The van der Waals surface area contributed by atoms with Crippen LogP contribution in [0.1, 0.15) is 30.0 Å². The number of hydrogen-bond acceptors (Lipinski definition) is 2. The van der Waals surface area contributed by atoms with Gasteiger partial charge < -0.3 is 5.32 Å². The monoisotopic (exact) mass is 334 g/mol. The number of nitrogens with zero attached hydrogens (tertiary/aromatic N) is 1. The van der Waals surface area contributed by atoms with Crippen LogP contribution < -0.4 is 5.32 Å². The lowest BCUT2D eigenvalue weighted by Gasteiger charge is -2.39. The van der Waals surface area contributed by atoms with Crippen molar-refractivity contribution in [1.29, 1.82) is 0 Å². The molecule has 1 aliphatic rings. The molecular weight excluding hydrogens is 308 g/mol. The van der Waals surface area contributed by atoms with E-state index in [-0.39, 0.29) is 11.8 Å². The molecule has 3 rings (SSSR count). The fraction of sp³-hybridized carbons (Fsp3) is 0.318. The second-order valence-corrected chi connectivity index (χ2v) is 6.65. The Morgan fingerprint density at radius 2 is 1.76 bits per heavy atom. The van der Waals surface area contributed by atoms with E-state index in [1.54, 1.807) is 6.08 Å². The van der Waals surface area contributed by atoms with Crippen molar-refractivity contribution < 1.29 is 4.79 Å². The Morgan fingerprint density at radius 1 is 1.08 bits per heavy atom. The van der Waals surface area contributed by atoms with E-state index in [0.29, 0.717) is 12.6 Å². The van der Waals surface area contributed by atoms with Crippen molar-refractivity contribution in [3.05, 3.63) is 84.4 Å². The van der Waals surface area contributed by atoms with E-state index < -0.39 is 0 Å². The summed E-state index contributed by atoms with van der Waals surface area (Å²) in [7, 11) is 0. The van der Waals surface area contributed by atoms with Gasteiger partial charge in [0, 0.05) is 25.7 Å². The highest BCUT2D eigenvalue weighted by atomic mass is 16.1. The number of hydrogen-bond donors (Lipinski definition) is 1. The molecule has 130 valence electrons. The number of likely N-dealkylation sites (tertiary alicyclic amines) is 1. The molecule has 2 aromatic carbocycles. The summed E-state index contributed by atoms with van der Waals surface area (Å²) in [6, 6.07) is 21.5. The zero-order valence-electron chi connectivity index (χ0n) is 14.6. The highest BCUT2D eigenvalue weighted by Gasteiger charge is 2.32. The maximum absolute atomic E-state index is 12.4. The molecule has 1 saturated heterocycles. The van der Waals surface area contributed by atoms with Crippen molar-refractivity contribution in [3.8, 4) is 0 Å². The topological polar surface area (TPSA) is 32.3 Å². The van der Waals surface area contributed by atoms with Gasteiger partial charge in [0.1, 0.15) is 0 Å². The maximum Gasteiger partial charge on any atom is 0.224 e. The first-order valence-electron chi connectivity index (χ1n) is 8.99. The second-order valence-electron chi connectivity index (χ2n) is 6.65. The molecule has 3 nitrogen and oxygen atoms in total. The summed E-state index contributed by atoms with van der Waals surface area (Å²) >= 11 is 0. The van der Waals surface area contributed by atoms with E-state index in [2.05, 4.69) is 71.4 Å². The minimum absolute atomic E-state index is 0.0450. The molecule has 0 bridgehead atoms. The van der Waals surface area contributed by atoms with E-state index in [4.69, 9.17) is 0 Å². The van der Waals surface area contributed by atoms with Crippen molar-refractivity contribution in [2.24, 2.45) is 5.92 Å². The van der Waals surface area contributed by atoms with Gasteiger partial charge in [0.15, 0.2) is 0 Å². The zero-order chi connectivity index (χ0) is 17.5. The van der Waals surface area contributed by atoms with E-state index in [0.717, 1.165) is 25.9 Å². The Labute approximate surface area is 150 Å². The molecule has 2 aromatic rings. The normalized spacial score (nSPS) is 20.8. The molecule has 0 spiro atoms. The van der Waals surface area contributed by atoms with Crippen LogP contribution in [-0.2, 0) is 11.3 Å². The van der Waals surface area contributed by atoms with Crippen LogP contribution in [0, 0.1) is 5.92 Å². The molecule has 1 fully saturated rings. The molecule has 2 atom stereocenters. The lowest BCUT2D eigenvalue weighted by Crippen LogP contribution is -2.44. The molecular formula is C22H26N2O. The van der Waals surface area contributed by atoms with Gasteiger partial charge in [-0.2, -0.15) is 0 Å². The first-order chi connectivity index (χ1) is 12.3. The Hall–Kier alpha value is -2.39. The molecule has 1 aliphatic heterocycles. The average molecular weight is 334 g/mol. The van der Waals surface area contributed by atoms with Gasteiger partial charge in [0.05, 0.1) is 5.92 Å². The van der Waals surface area contributed by atoms with Crippen LogP contribution in [0.25, 0.3) is 0 Å². The van der Waals surface area contributed by atoms with Crippen LogP contribution in [0.3, 0.4) is 0 Å². The van der Waals surface area contributed by atoms with Crippen molar-refractivity contribution in [1.82, 2.24) is 10.2 Å². The first kappa shape index (κ1) is 17.4. The third-order valence-electron chi connectivity index (χ3n) is 4.89. The molecule has 3 heteroatoms. The molecule has 0 radical (unpaired) electrons. The summed E-state index contributed by atoms with van der Waals surface area (Å²) in [4.78, 5) is 14.9. The molecule has 25 heavy (non-hydrogen) atoms. The fourth-order valence-corrected chi connectivity index (χ4v) is 3.62. The number of carbonyl (C=O) groups excluding carboxylic acids is 1. The van der Waals surface area contributed by atoms with Crippen molar-refractivity contribution in [2.45, 2.75) is 25.4 Å². The number of rotatable bonds is 6. The first-order valence-corrected chi connectivity index (χ1v) is 8.99. The van der Waals surface area contributed by atoms with Gasteiger partial charge >= 0.3 is 0 Å². The number of benzene rings is 2. The zero-order valence-corrected chi connectivity index (χ0v) is 14.6. The van der Waals surface area contributed by atoms with Gasteiger partial charge in [-0.3, -0.25) is 9.69 Å². The summed E-state index contributed by atoms with van der Waals surface area (Å²) in [5, 5.41) is 2.96. The van der Waals surface area contributed by atoms with Crippen LogP contribution in [-0.4, -0.2) is 23.9 Å². The van der Waals surface area contributed by atoms with Crippen molar-refractivity contribution in [2.75, 3.05) is 13.1 Å². The van der Waals surface area contributed by atoms with E-state index in [9.17, 15) is 4.79 Å². The molecule has 2 unspecified atom stereocenters. The Bertz CT molecular complexity index is 684. The quantitative estimate of drug-likeness (QED) is 0.812. The minimum Gasteiger partial charge on any atom is -0.352 e. The van der Waals surface area contributed by atoms with E-state index in [1.807, 2.05) is 6.07 Å². The van der Waals surface area contributed by atoms with Gasteiger partial charge in [-0.25, -0.2) is 0 Å². The van der Waals surface area contributed by atoms with Crippen molar-refractivity contribution >= 4 is 5.91 Å². The van der Waals surface area contributed by atoms with Crippen LogP contribution in [0.5, 0.6) is 0 Å². The van der Waals surface area contributed by atoms with Crippen LogP contribution in [0.2, 0.25) is 0 Å². The molecule has 1 heterocycles. The number of nitrogens with one attached hydrogen (secondary N) is 1. The lowest BCUT2D eigenvalue weighted by molar-refractivity contribution is -0.127. The Morgan fingerprint density at radius 3 is 2.44 bits per heavy atom. The number of piperidine rings is 1. The smallest absolute Gasteiger partial charge is 0.224 e. The highest BCUT2D eigenvalue weighted by molar-refractivity contribution is 5.79. The third-order valence-corrected chi connectivity index (χ3v) is 4.89. The summed E-state index contributed by atoms with van der Waals surface area (Å²) in [5.41, 5.74) is 2.62. The molecule has 1 N–H and O–H groups in total. The second kappa shape index (κ2) is 8.63. The molecule has 1 amide bonds. The van der Waals surface area contributed by atoms with Crippen LogP contribution >= 0.6 is 0 Å². The number of amides is 1. The van der Waals surface area contributed by atoms with Crippen LogP contribution in [0.4, 0.5) is 0 Å². The SMILES string of the molecule is C=CCNC(=O)C1CCC(c2ccccc2)N(Cc2ccccc2)C1. The average Bonchev–Trinajstić information content (AvgIpc) is 2.67. The van der Waals surface area contributed by atoms with Crippen LogP contribution in [0.15, 0.2) is 73.3 Å². The fourth-order valence-electron chi connectivity index (χ4n) is 3.62. The standard InChI is InChI=1S/C22H26N2O/c1-2-15-23-22(25)20-13-14-21(19-11-7-4-8-12-19)24(17-20)16-18-9-5-3-6-10-18/h2-12,20-21H,1,13-17H2,(H,23,25). The van der Waals surface area contributed by atoms with Gasteiger partial charge in [0.2, 0.25) is 5.91 Å². The van der Waals surface area contributed by atoms with Crippen molar-refractivity contribution in [3.63, 3.8) is 0 Å². The van der Waals surface area contributed by atoms with E-state index in [1.165, 1.54) is 11.1 Å². The highest BCUT2D eigenvalue weighted by Crippen LogP contribution is 2.34. The van der Waals surface area contributed by atoms with E-state index >= 15 is 0 Å². The molecule has 0 aromatic heterocycles. The predicted octanol–water partition coefficient (Wildman–Crippen LogP) is 3.94. The van der Waals surface area contributed by atoms with Gasteiger partial charge in [0.25, 0.3) is 0 Å². The Balaban J connectivity index is 1.77. The molecule has 0 aliphatic carbocycles. The summed E-state index contributed by atoms with van der Waals surface area (Å²) in [5.74, 6) is 0.188. The maximum atomic E-state index is 12.4. The minimum atomic E-state index is 0.0450. The largest absolute Gasteiger partial charge is 0.352 e. The lowest BCUT2D eigenvalue weighted by atomic mass is 9.88. The third kappa shape index (κ3) is 4.58. The summed E-state index contributed by atoms with van der Waals surface area (Å²) < 4.78 is 0.